The van der Waals surface area contributed by atoms with Crippen molar-refractivity contribution in [1.82, 2.24) is 13.9 Å². The number of hydrogen-bond donors (Lipinski definition) is 1. The van der Waals surface area contributed by atoms with Crippen molar-refractivity contribution in [2.24, 2.45) is 18.7 Å². The van der Waals surface area contributed by atoms with E-state index in [1.165, 1.54) is 32.1 Å². The van der Waals surface area contributed by atoms with Crippen LogP contribution in [0.5, 0.6) is 0 Å². The lowest BCUT2D eigenvalue weighted by atomic mass is 9.89. The van der Waals surface area contributed by atoms with Crippen LogP contribution in [-0.2, 0) is 20.0 Å². The van der Waals surface area contributed by atoms with Gasteiger partial charge in [0.15, 0.2) is 0 Å². The molecule has 35 heavy (non-hydrogen) atoms. The first-order chi connectivity index (χ1) is 16.9. The summed E-state index contributed by atoms with van der Waals surface area (Å²) in [5, 5.41) is 0. The maximum Gasteiger partial charge on any atom is 0.279 e. The van der Waals surface area contributed by atoms with Crippen molar-refractivity contribution in [3.05, 3.63) is 63.3 Å². The molecule has 1 saturated carbocycles. The molecule has 6 heteroatoms. The van der Waals surface area contributed by atoms with Gasteiger partial charge >= 0.3 is 0 Å². The van der Waals surface area contributed by atoms with Crippen LogP contribution in [0.15, 0.2) is 35.1 Å². The fourth-order valence-corrected chi connectivity index (χ4v) is 5.90. The van der Waals surface area contributed by atoms with Gasteiger partial charge in [-0.05, 0) is 57.6 Å². The molecule has 6 nitrogen and oxygen atoms in total. The maximum atomic E-state index is 14.0. The average Bonchev–Trinajstić information content (AvgIpc) is 3.24. The Labute approximate surface area is 208 Å². The van der Waals surface area contributed by atoms with Crippen LogP contribution < -0.4 is 11.3 Å². The van der Waals surface area contributed by atoms with E-state index in [0.717, 1.165) is 60.6 Å². The van der Waals surface area contributed by atoms with Gasteiger partial charge in [0, 0.05) is 36.2 Å². The van der Waals surface area contributed by atoms with Gasteiger partial charge in [-0.1, -0.05) is 57.2 Å². The number of aromatic nitrogens is 3. The van der Waals surface area contributed by atoms with Gasteiger partial charge in [0.05, 0.1) is 16.8 Å². The molecule has 1 fully saturated rings. The molecule has 1 aromatic carbocycles. The van der Waals surface area contributed by atoms with E-state index in [9.17, 15) is 9.59 Å². The molecule has 0 radical (unpaired) electrons. The number of carbonyl (C=O) groups excluding carboxylic acids is 1. The number of benzene rings is 1. The molecule has 2 aromatic heterocycles. The maximum absolute atomic E-state index is 14.0. The van der Waals surface area contributed by atoms with Crippen LogP contribution in [-0.4, -0.2) is 19.8 Å². The molecule has 0 bridgehead atoms. The number of nitrogens with two attached hydrogens (primary N) is 1. The molecule has 1 aliphatic carbocycles. The molecule has 1 aliphatic rings. The minimum atomic E-state index is -0.453. The Hall–Kier alpha value is -3.02. The smallest absolute Gasteiger partial charge is 0.279 e. The van der Waals surface area contributed by atoms with E-state index in [4.69, 9.17) is 5.73 Å². The van der Waals surface area contributed by atoms with Crippen molar-refractivity contribution >= 4 is 5.91 Å². The quantitative estimate of drug-likeness (QED) is 0.404. The number of unbranched alkanes of at least 4 members (excludes halogenated alkanes) is 2. The van der Waals surface area contributed by atoms with Crippen LogP contribution in [0, 0.1) is 19.8 Å². The first-order valence-electron chi connectivity index (χ1n) is 13.2. The lowest BCUT2D eigenvalue weighted by Crippen LogP contribution is -2.21. The summed E-state index contributed by atoms with van der Waals surface area (Å²) >= 11 is 0. The van der Waals surface area contributed by atoms with Gasteiger partial charge in [-0.2, -0.15) is 0 Å². The second kappa shape index (κ2) is 10.7. The van der Waals surface area contributed by atoms with Gasteiger partial charge < -0.3 is 10.3 Å². The summed E-state index contributed by atoms with van der Waals surface area (Å²) in [6.07, 6.45) is 10.4. The fraction of sp³-hybridized carbons (Fsp3) is 0.517. The van der Waals surface area contributed by atoms with Crippen molar-refractivity contribution in [3.8, 4) is 16.8 Å². The lowest BCUT2D eigenvalue weighted by molar-refractivity contribution is 0.1000. The second-order valence-corrected chi connectivity index (χ2v) is 10.2. The molecule has 3 aromatic rings. The van der Waals surface area contributed by atoms with E-state index in [0.29, 0.717) is 17.0 Å². The van der Waals surface area contributed by atoms with Crippen LogP contribution in [0.3, 0.4) is 0 Å². The van der Waals surface area contributed by atoms with E-state index in [-0.39, 0.29) is 5.56 Å². The average molecular weight is 477 g/mol. The Balaban J connectivity index is 1.95. The molecule has 0 spiro atoms. The molecule has 1 amide bonds. The highest BCUT2D eigenvalue weighted by molar-refractivity contribution is 6.02. The Morgan fingerprint density at radius 2 is 1.69 bits per heavy atom. The third-order valence-electron chi connectivity index (χ3n) is 7.86. The van der Waals surface area contributed by atoms with Gasteiger partial charge in [0.25, 0.3) is 11.5 Å². The van der Waals surface area contributed by atoms with Gasteiger partial charge in [0.2, 0.25) is 0 Å². The van der Waals surface area contributed by atoms with Crippen molar-refractivity contribution in [1.29, 1.82) is 0 Å². The minimum Gasteiger partial charge on any atom is -0.366 e. The van der Waals surface area contributed by atoms with Gasteiger partial charge in [-0.25, -0.2) is 4.68 Å². The number of para-hydroxylation sites is 1. The number of primary amides is 1. The highest BCUT2D eigenvalue weighted by atomic mass is 16.1. The summed E-state index contributed by atoms with van der Waals surface area (Å²) in [6, 6.07) is 9.67. The van der Waals surface area contributed by atoms with Crippen molar-refractivity contribution in [2.45, 2.75) is 85.1 Å². The molecule has 188 valence electrons. The largest absolute Gasteiger partial charge is 0.366 e. The van der Waals surface area contributed by atoms with Crippen molar-refractivity contribution < 1.29 is 4.79 Å². The number of hydrogen-bond acceptors (Lipinski definition) is 2. The molecule has 0 unspecified atom stereocenters. The predicted octanol–water partition coefficient (Wildman–Crippen LogP) is 5.67. The third-order valence-corrected chi connectivity index (χ3v) is 7.86. The Morgan fingerprint density at radius 1 is 1.00 bits per heavy atom. The first kappa shape index (κ1) is 25.1. The van der Waals surface area contributed by atoms with Crippen molar-refractivity contribution in [3.63, 3.8) is 0 Å². The van der Waals surface area contributed by atoms with Crippen LogP contribution in [0.4, 0.5) is 0 Å². The summed E-state index contributed by atoms with van der Waals surface area (Å²) in [5.74, 6) is 0.150. The van der Waals surface area contributed by atoms with Gasteiger partial charge in [-0.3, -0.25) is 14.3 Å². The number of nitrogens with zero attached hydrogens (tertiary/aromatic N) is 3. The molecule has 2 heterocycles. The monoisotopic (exact) mass is 476 g/mol. The zero-order chi connectivity index (χ0) is 25.1. The molecule has 0 atom stereocenters. The van der Waals surface area contributed by atoms with E-state index in [2.05, 4.69) is 11.5 Å². The second-order valence-electron chi connectivity index (χ2n) is 10.2. The SMILES string of the molecule is CCCCCc1c(-c2c(C)n(C)n(-c3ccccc3)c2=O)c(C(N)=O)c(C)n1CC1CCCCC1. The van der Waals surface area contributed by atoms with Gasteiger partial charge in [0.1, 0.15) is 0 Å². The van der Waals surface area contributed by atoms with Crippen LogP contribution in [0.1, 0.15) is 85.7 Å². The van der Waals surface area contributed by atoms with E-state index >= 15 is 0 Å². The molecular formula is C29H40N4O2. The highest BCUT2D eigenvalue weighted by Crippen LogP contribution is 2.36. The zero-order valence-electron chi connectivity index (χ0n) is 21.8. The summed E-state index contributed by atoms with van der Waals surface area (Å²) in [6.45, 7) is 7.06. The van der Waals surface area contributed by atoms with Gasteiger partial charge in [-0.15, -0.1) is 0 Å². The normalized spacial score (nSPS) is 14.5. The topological polar surface area (TPSA) is 75.0 Å². The number of carbonyl (C=O) groups is 1. The van der Waals surface area contributed by atoms with E-state index in [1.807, 2.05) is 55.9 Å². The summed E-state index contributed by atoms with van der Waals surface area (Å²) in [4.78, 5) is 26.8. The first-order valence-corrected chi connectivity index (χ1v) is 13.2. The van der Waals surface area contributed by atoms with Crippen LogP contribution >= 0.6 is 0 Å². The highest BCUT2D eigenvalue weighted by Gasteiger charge is 2.31. The lowest BCUT2D eigenvalue weighted by Gasteiger charge is -2.24. The molecule has 2 N–H and O–H groups in total. The Morgan fingerprint density at radius 3 is 2.31 bits per heavy atom. The molecule has 0 aliphatic heterocycles. The molecular weight excluding hydrogens is 436 g/mol. The number of rotatable bonds is 9. The standard InChI is InChI=1S/C29H40N4O2/c1-5-6-9-18-24-27(25(28(30)34)21(3)32(24)19-22-14-10-7-11-15-22)26-20(2)31(4)33(29(26)35)23-16-12-8-13-17-23/h8,12-13,16-17,22H,5-7,9-11,14-15,18-19H2,1-4H3,(H2,30,34). The molecule has 0 saturated heterocycles. The Bertz CT molecular complexity index is 1240. The van der Waals surface area contributed by atoms with Crippen LogP contribution in [0.25, 0.3) is 16.8 Å². The Kier molecular flexibility index (Phi) is 7.68. The summed E-state index contributed by atoms with van der Waals surface area (Å²) in [5.41, 5.74) is 11.4. The van der Waals surface area contributed by atoms with E-state index < -0.39 is 5.91 Å². The van der Waals surface area contributed by atoms with Crippen LogP contribution in [0.2, 0.25) is 0 Å². The fourth-order valence-electron chi connectivity index (χ4n) is 5.90. The number of amides is 1. The third kappa shape index (κ3) is 4.75. The van der Waals surface area contributed by atoms with Crippen molar-refractivity contribution in [2.75, 3.05) is 0 Å². The molecule has 4 rings (SSSR count). The zero-order valence-corrected chi connectivity index (χ0v) is 21.8. The minimum absolute atomic E-state index is 0.106. The summed E-state index contributed by atoms with van der Waals surface area (Å²) < 4.78 is 5.92. The predicted molar refractivity (Wildman–Crippen MR) is 142 cm³/mol. The van der Waals surface area contributed by atoms with E-state index in [1.54, 1.807) is 4.68 Å². The summed E-state index contributed by atoms with van der Waals surface area (Å²) in [7, 11) is 1.90.